The van der Waals surface area contributed by atoms with Gasteiger partial charge in [-0.3, -0.25) is 14.5 Å². The number of rotatable bonds is 2. The lowest BCUT2D eigenvalue weighted by Crippen LogP contribution is -2.64. The van der Waals surface area contributed by atoms with Crippen LogP contribution in [-0.2, 0) is 4.79 Å². The van der Waals surface area contributed by atoms with Crippen molar-refractivity contribution in [3.8, 4) is 5.69 Å². The van der Waals surface area contributed by atoms with Gasteiger partial charge in [-0.25, -0.2) is 4.68 Å². The molecule has 0 radical (unpaired) electrons. The van der Waals surface area contributed by atoms with E-state index in [1.54, 1.807) is 27.9 Å². The summed E-state index contributed by atoms with van der Waals surface area (Å²) in [4.78, 5) is 28.9. The zero-order valence-corrected chi connectivity index (χ0v) is 14.3. The number of carbonyl (C=O) groups excluding carboxylic acids is 2. The molecule has 0 spiro atoms. The fourth-order valence-corrected chi connectivity index (χ4v) is 3.57. The van der Waals surface area contributed by atoms with E-state index in [-0.39, 0.29) is 17.9 Å². The summed E-state index contributed by atoms with van der Waals surface area (Å²) < 4.78 is 1.68. The molecule has 2 fully saturated rings. The lowest BCUT2D eigenvalue weighted by atomic mass is 10.1. The molecule has 25 heavy (non-hydrogen) atoms. The highest BCUT2D eigenvalue weighted by Crippen LogP contribution is 2.23. The van der Waals surface area contributed by atoms with Gasteiger partial charge in [0.05, 0.1) is 16.3 Å². The summed E-state index contributed by atoms with van der Waals surface area (Å²) in [5.41, 5.74) is 1.20. The summed E-state index contributed by atoms with van der Waals surface area (Å²) in [7, 11) is 0. The number of nitrogens with one attached hydrogen (secondary N) is 1. The number of aromatic nitrogens is 2. The van der Waals surface area contributed by atoms with Gasteiger partial charge in [-0.1, -0.05) is 11.6 Å². The lowest BCUT2D eigenvalue weighted by molar-refractivity contribution is -0.131. The van der Waals surface area contributed by atoms with E-state index in [2.05, 4.69) is 15.3 Å². The average molecular weight is 360 g/mol. The van der Waals surface area contributed by atoms with Crippen LogP contribution in [0.2, 0.25) is 5.02 Å². The van der Waals surface area contributed by atoms with Crippen LogP contribution < -0.4 is 5.32 Å². The number of hydrogen-bond donors (Lipinski definition) is 1. The molecule has 130 valence electrons. The molecular formula is C17H18ClN5O2. The van der Waals surface area contributed by atoms with Gasteiger partial charge in [0, 0.05) is 45.1 Å². The molecule has 3 heterocycles. The van der Waals surface area contributed by atoms with Gasteiger partial charge in [0.2, 0.25) is 5.91 Å². The SMILES string of the molecule is O=C1NCCN2CCN(C(=O)c3cc(-n4cccn4)ccc3Cl)C[C@@H]12. The van der Waals surface area contributed by atoms with Crippen molar-refractivity contribution in [1.29, 1.82) is 0 Å². The minimum Gasteiger partial charge on any atom is -0.353 e. The summed E-state index contributed by atoms with van der Waals surface area (Å²) in [5, 5.41) is 7.44. The van der Waals surface area contributed by atoms with Crippen LogP contribution in [0.5, 0.6) is 0 Å². The molecule has 4 rings (SSSR count). The van der Waals surface area contributed by atoms with Gasteiger partial charge in [0.1, 0.15) is 6.04 Å². The fraction of sp³-hybridized carbons (Fsp3) is 0.353. The van der Waals surface area contributed by atoms with Gasteiger partial charge in [-0.15, -0.1) is 0 Å². The summed E-state index contributed by atoms with van der Waals surface area (Å²) in [6.45, 7) is 3.16. The van der Waals surface area contributed by atoms with Crippen molar-refractivity contribution in [1.82, 2.24) is 24.9 Å². The van der Waals surface area contributed by atoms with Crippen molar-refractivity contribution in [3.05, 3.63) is 47.2 Å². The van der Waals surface area contributed by atoms with E-state index >= 15 is 0 Å². The van der Waals surface area contributed by atoms with Crippen LogP contribution in [-0.4, -0.2) is 70.2 Å². The Hall–Kier alpha value is -2.38. The highest BCUT2D eigenvalue weighted by molar-refractivity contribution is 6.33. The van der Waals surface area contributed by atoms with E-state index in [0.717, 1.165) is 12.2 Å². The van der Waals surface area contributed by atoms with Crippen molar-refractivity contribution in [2.24, 2.45) is 0 Å². The van der Waals surface area contributed by atoms with Gasteiger partial charge < -0.3 is 10.2 Å². The van der Waals surface area contributed by atoms with Gasteiger partial charge in [-0.05, 0) is 24.3 Å². The molecule has 1 atom stereocenters. The third-order valence-electron chi connectivity index (χ3n) is 4.73. The second kappa shape index (κ2) is 6.50. The number of fused-ring (bicyclic) bond motifs is 1. The second-order valence-corrected chi connectivity index (χ2v) is 6.62. The number of carbonyl (C=O) groups is 2. The molecule has 2 amide bonds. The molecule has 0 saturated carbocycles. The molecule has 7 nitrogen and oxygen atoms in total. The third-order valence-corrected chi connectivity index (χ3v) is 5.06. The van der Waals surface area contributed by atoms with E-state index in [9.17, 15) is 9.59 Å². The van der Waals surface area contributed by atoms with Crippen molar-refractivity contribution in [3.63, 3.8) is 0 Å². The van der Waals surface area contributed by atoms with Gasteiger partial charge in [-0.2, -0.15) is 5.10 Å². The normalized spacial score (nSPS) is 20.9. The first-order chi connectivity index (χ1) is 12.1. The monoisotopic (exact) mass is 359 g/mol. The molecule has 2 aromatic rings. The van der Waals surface area contributed by atoms with Crippen LogP contribution in [0, 0.1) is 0 Å². The standard InChI is InChI=1S/C17H18ClN5O2/c18-14-3-2-12(23-6-1-4-20-23)10-13(14)17(25)22-9-8-21-7-5-19-16(24)15(21)11-22/h1-4,6,10,15H,5,7-9,11H2,(H,19,24)/t15-/m0/s1. The van der Waals surface area contributed by atoms with Crippen LogP contribution in [0.3, 0.4) is 0 Å². The van der Waals surface area contributed by atoms with Crippen LogP contribution in [0.1, 0.15) is 10.4 Å². The number of hydrogen-bond acceptors (Lipinski definition) is 4. The molecule has 0 unspecified atom stereocenters. The van der Waals surface area contributed by atoms with Crippen molar-refractivity contribution in [2.45, 2.75) is 6.04 Å². The van der Waals surface area contributed by atoms with Gasteiger partial charge in [0.25, 0.3) is 5.91 Å². The average Bonchev–Trinajstić information content (AvgIpc) is 3.16. The van der Waals surface area contributed by atoms with Crippen LogP contribution >= 0.6 is 11.6 Å². The van der Waals surface area contributed by atoms with Crippen LogP contribution in [0.15, 0.2) is 36.7 Å². The Bertz CT molecular complexity index is 807. The number of benzene rings is 1. The van der Waals surface area contributed by atoms with Crippen molar-refractivity contribution in [2.75, 3.05) is 32.7 Å². The minimum atomic E-state index is -0.278. The Balaban J connectivity index is 1.58. The maximum absolute atomic E-state index is 13.0. The maximum atomic E-state index is 13.0. The number of piperazine rings is 2. The minimum absolute atomic E-state index is 0.0138. The van der Waals surface area contributed by atoms with E-state index in [0.29, 0.717) is 36.8 Å². The van der Waals surface area contributed by atoms with Crippen LogP contribution in [0.25, 0.3) is 5.69 Å². The highest BCUT2D eigenvalue weighted by Gasteiger charge is 2.36. The molecule has 0 aliphatic carbocycles. The number of amides is 2. The first kappa shape index (κ1) is 16.1. The maximum Gasteiger partial charge on any atom is 0.255 e. The predicted octanol–water partition coefficient (Wildman–Crippen LogP) is 0.782. The summed E-state index contributed by atoms with van der Waals surface area (Å²) in [5.74, 6) is -0.169. The highest BCUT2D eigenvalue weighted by atomic mass is 35.5. The number of halogens is 1. The third kappa shape index (κ3) is 3.01. The summed E-state index contributed by atoms with van der Waals surface area (Å²) >= 11 is 6.27. The molecule has 2 saturated heterocycles. The first-order valence-electron chi connectivity index (χ1n) is 8.24. The van der Waals surface area contributed by atoms with Gasteiger partial charge >= 0.3 is 0 Å². The largest absolute Gasteiger partial charge is 0.353 e. The molecule has 1 N–H and O–H groups in total. The van der Waals surface area contributed by atoms with Crippen molar-refractivity contribution < 1.29 is 9.59 Å². The number of nitrogens with zero attached hydrogens (tertiary/aromatic N) is 4. The van der Waals surface area contributed by atoms with E-state index in [4.69, 9.17) is 11.6 Å². The lowest BCUT2D eigenvalue weighted by Gasteiger charge is -2.43. The van der Waals surface area contributed by atoms with Gasteiger partial charge in [0.15, 0.2) is 0 Å². The predicted molar refractivity (Wildman–Crippen MR) is 92.8 cm³/mol. The summed E-state index contributed by atoms with van der Waals surface area (Å²) in [6, 6.07) is 6.80. The Morgan fingerprint density at radius 1 is 1.28 bits per heavy atom. The molecule has 8 heteroatoms. The molecule has 0 bridgehead atoms. The van der Waals surface area contributed by atoms with Crippen molar-refractivity contribution >= 4 is 23.4 Å². The Labute approximate surface area is 150 Å². The summed E-state index contributed by atoms with van der Waals surface area (Å²) in [6.07, 6.45) is 3.49. The first-order valence-corrected chi connectivity index (χ1v) is 8.62. The topological polar surface area (TPSA) is 70.5 Å². The smallest absolute Gasteiger partial charge is 0.255 e. The van der Waals surface area contributed by atoms with Crippen LogP contribution in [0.4, 0.5) is 0 Å². The van der Waals surface area contributed by atoms with E-state index in [1.807, 2.05) is 18.3 Å². The Kier molecular flexibility index (Phi) is 4.19. The zero-order valence-electron chi connectivity index (χ0n) is 13.6. The Morgan fingerprint density at radius 3 is 2.96 bits per heavy atom. The molecule has 2 aliphatic rings. The molecular weight excluding hydrogens is 342 g/mol. The van der Waals surface area contributed by atoms with E-state index < -0.39 is 0 Å². The Morgan fingerprint density at radius 2 is 2.16 bits per heavy atom. The molecule has 1 aromatic heterocycles. The zero-order chi connectivity index (χ0) is 17.4. The molecule has 1 aromatic carbocycles. The fourth-order valence-electron chi connectivity index (χ4n) is 3.37. The van der Waals surface area contributed by atoms with E-state index in [1.165, 1.54) is 0 Å². The molecule has 2 aliphatic heterocycles. The second-order valence-electron chi connectivity index (χ2n) is 6.21. The quantitative estimate of drug-likeness (QED) is 0.860.